The van der Waals surface area contributed by atoms with Crippen LogP contribution >= 0.6 is 0 Å². The van der Waals surface area contributed by atoms with Crippen molar-refractivity contribution in [1.82, 2.24) is 0 Å². The molecule has 0 aliphatic carbocycles. The van der Waals surface area contributed by atoms with Crippen molar-refractivity contribution in [2.24, 2.45) is 0 Å². The molecule has 8 heteroatoms. The second-order valence-corrected chi connectivity index (χ2v) is 5.41. The van der Waals surface area contributed by atoms with Crippen molar-refractivity contribution in [2.45, 2.75) is 4.90 Å². The van der Waals surface area contributed by atoms with Crippen LogP contribution in [0.3, 0.4) is 0 Å². The quantitative estimate of drug-likeness (QED) is 0.672. The molecule has 115 valence electrons. The second kappa shape index (κ2) is 8.52. The van der Waals surface area contributed by atoms with Crippen LogP contribution in [0.25, 0.3) is 11.1 Å². The van der Waals surface area contributed by atoms with E-state index in [1.165, 1.54) is 26.4 Å². The third-order valence-corrected chi connectivity index (χ3v) is 3.73. The van der Waals surface area contributed by atoms with Crippen LogP contribution in [0.2, 0.25) is 0 Å². The Morgan fingerprint density at radius 2 is 1.55 bits per heavy atom. The monoisotopic (exact) mass is 335 g/mol. The fourth-order valence-electron chi connectivity index (χ4n) is 2.00. The van der Waals surface area contributed by atoms with Gasteiger partial charge in [0.25, 0.3) is 10.1 Å². The molecule has 2 aromatic carbocycles. The maximum absolute atomic E-state index is 11.4. The smallest absolute Gasteiger partial charge is 0.298 e. The van der Waals surface area contributed by atoms with Gasteiger partial charge in [-0.05, 0) is 17.7 Å². The summed E-state index contributed by atoms with van der Waals surface area (Å²) < 4.78 is 42.6. The summed E-state index contributed by atoms with van der Waals surface area (Å²) in [6, 6.07) is 11.8. The summed E-state index contributed by atoms with van der Waals surface area (Å²) in [5.74, 6) is 0.513. The van der Waals surface area contributed by atoms with Crippen molar-refractivity contribution in [3.8, 4) is 22.6 Å². The molecular formula is C14H16NaO6S. The van der Waals surface area contributed by atoms with Crippen molar-refractivity contribution in [3.63, 3.8) is 0 Å². The molecule has 2 aromatic rings. The molecule has 0 bridgehead atoms. The van der Waals surface area contributed by atoms with E-state index in [1.807, 2.05) is 18.2 Å². The van der Waals surface area contributed by atoms with Crippen LogP contribution in [0.5, 0.6) is 11.5 Å². The first kappa shape index (κ1) is 20.9. The van der Waals surface area contributed by atoms with Crippen molar-refractivity contribution < 1.29 is 27.9 Å². The van der Waals surface area contributed by atoms with Crippen LogP contribution in [0.4, 0.5) is 0 Å². The van der Waals surface area contributed by atoms with Gasteiger partial charge < -0.3 is 14.9 Å². The van der Waals surface area contributed by atoms with Crippen molar-refractivity contribution in [3.05, 3.63) is 42.5 Å². The molecule has 3 N–H and O–H groups in total. The van der Waals surface area contributed by atoms with E-state index in [0.29, 0.717) is 11.3 Å². The molecule has 0 aliphatic heterocycles. The van der Waals surface area contributed by atoms with Crippen molar-refractivity contribution in [1.29, 1.82) is 0 Å². The molecule has 2 rings (SSSR count). The normalized spacial score (nSPS) is 10.1. The van der Waals surface area contributed by atoms with Crippen molar-refractivity contribution >= 4 is 39.7 Å². The fourth-order valence-corrected chi connectivity index (χ4v) is 2.66. The van der Waals surface area contributed by atoms with E-state index < -0.39 is 10.1 Å². The molecule has 0 aliphatic rings. The van der Waals surface area contributed by atoms with Gasteiger partial charge in [0, 0.05) is 29.6 Å². The van der Waals surface area contributed by atoms with Gasteiger partial charge in [0.1, 0.15) is 10.6 Å². The van der Waals surface area contributed by atoms with Crippen LogP contribution in [0.15, 0.2) is 47.4 Å². The molecule has 0 unspecified atom stereocenters. The topological polar surface area (TPSA) is 104 Å². The first-order chi connectivity index (χ1) is 9.49. The van der Waals surface area contributed by atoms with Gasteiger partial charge in [-0.2, -0.15) is 8.42 Å². The first-order valence-electron chi connectivity index (χ1n) is 5.77. The Bertz CT molecular complexity index is 716. The Morgan fingerprint density at radius 1 is 0.955 bits per heavy atom. The molecule has 0 heterocycles. The molecule has 22 heavy (non-hydrogen) atoms. The minimum Gasteiger partial charge on any atom is -0.496 e. The van der Waals surface area contributed by atoms with Gasteiger partial charge >= 0.3 is 0 Å². The summed E-state index contributed by atoms with van der Waals surface area (Å²) in [6.07, 6.45) is 0. The Kier molecular flexibility index (Phi) is 8.10. The molecule has 0 amide bonds. The summed E-state index contributed by atoms with van der Waals surface area (Å²) in [5, 5.41) is 0. The van der Waals surface area contributed by atoms with E-state index in [1.54, 1.807) is 12.1 Å². The van der Waals surface area contributed by atoms with Gasteiger partial charge in [0.05, 0.1) is 19.8 Å². The number of benzene rings is 2. The summed E-state index contributed by atoms with van der Waals surface area (Å²) in [7, 11) is -1.56. The third kappa shape index (κ3) is 4.22. The van der Waals surface area contributed by atoms with Crippen LogP contribution in [0, 0.1) is 0 Å². The zero-order valence-corrected chi connectivity index (χ0v) is 15.3. The summed E-state index contributed by atoms with van der Waals surface area (Å²) >= 11 is 0. The summed E-state index contributed by atoms with van der Waals surface area (Å²) in [6.45, 7) is 0. The maximum Gasteiger partial charge on any atom is 0.298 e. The predicted octanol–water partition coefficient (Wildman–Crippen LogP) is 1.41. The van der Waals surface area contributed by atoms with Gasteiger partial charge in [-0.15, -0.1) is 0 Å². The molecule has 0 fully saturated rings. The molecule has 0 saturated carbocycles. The minimum absolute atomic E-state index is 0. The number of hydrogen-bond donors (Lipinski definition) is 1. The van der Waals surface area contributed by atoms with Gasteiger partial charge in [0.2, 0.25) is 0 Å². The predicted molar refractivity (Wildman–Crippen MR) is 84.2 cm³/mol. The molecule has 0 atom stereocenters. The minimum atomic E-state index is -4.38. The first-order valence-corrected chi connectivity index (χ1v) is 7.21. The Labute approximate surface area is 151 Å². The van der Waals surface area contributed by atoms with E-state index in [0.717, 1.165) is 5.56 Å². The molecule has 0 spiro atoms. The van der Waals surface area contributed by atoms with Gasteiger partial charge in [0.15, 0.2) is 5.75 Å². The Morgan fingerprint density at radius 3 is 2.00 bits per heavy atom. The number of hydrogen-bond acceptors (Lipinski definition) is 4. The third-order valence-electron chi connectivity index (χ3n) is 2.85. The number of ether oxygens (including phenoxy) is 2. The van der Waals surface area contributed by atoms with Crippen LogP contribution in [0.1, 0.15) is 0 Å². The van der Waals surface area contributed by atoms with E-state index in [9.17, 15) is 13.0 Å². The van der Waals surface area contributed by atoms with E-state index >= 15 is 0 Å². The van der Waals surface area contributed by atoms with Crippen LogP contribution in [-0.4, -0.2) is 62.2 Å². The molecular weight excluding hydrogens is 319 g/mol. The van der Waals surface area contributed by atoms with E-state index in [2.05, 4.69) is 0 Å². The molecule has 1 radical (unpaired) electrons. The SMILES string of the molecule is COc1ccc(S(=O)(=O)O)c(OC)c1-c1ccccc1.O.[Na]. The standard InChI is InChI=1S/C14H14O5S.Na.H2O/c1-18-11-8-9-12(20(15,16)17)14(19-2)13(11)10-6-4-3-5-7-10;;/h3-9H,1-2H3,(H,15,16,17);;1H2. The van der Waals surface area contributed by atoms with Gasteiger partial charge in [-0.3, -0.25) is 4.55 Å². The van der Waals surface area contributed by atoms with Gasteiger partial charge in [-0.25, -0.2) is 0 Å². The number of methoxy groups -OCH3 is 2. The fraction of sp³-hybridized carbons (Fsp3) is 0.143. The average Bonchev–Trinajstić information content (AvgIpc) is 2.45. The largest absolute Gasteiger partial charge is 0.496 e. The Hall–Kier alpha value is -1.09. The van der Waals surface area contributed by atoms with Crippen LogP contribution in [-0.2, 0) is 10.1 Å². The molecule has 0 saturated heterocycles. The maximum atomic E-state index is 11.4. The average molecular weight is 335 g/mol. The van der Waals surface area contributed by atoms with E-state index in [-0.39, 0.29) is 45.7 Å². The molecule has 0 aromatic heterocycles. The summed E-state index contributed by atoms with van der Waals surface area (Å²) in [4.78, 5) is -0.292. The van der Waals surface area contributed by atoms with E-state index in [4.69, 9.17) is 9.47 Å². The van der Waals surface area contributed by atoms with Crippen molar-refractivity contribution in [2.75, 3.05) is 14.2 Å². The zero-order valence-electron chi connectivity index (χ0n) is 12.5. The summed E-state index contributed by atoms with van der Waals surface area (Å²) in [5.41, 5.74) is 1.21. The molecule has 6 nitrogen and oxygen atoms in total. The Balaban J connectivity index is 0.00000220. The second-order valence-electron chi connectivity index (χ2n) is 4.02. The number of rotatable bonds is 4. The van der Waals surface area contributed by atoms with Crippen LogP contribution < -0.4 is 9.47 Å². The van der Waals surface area contributed by atoms with Gasteiger partial charge in [-0.1, -0.05) is 30.3 Å². The zero-order chi connectivity index (χ0) is 14.8.